The zero-order valence-electron chi connectivity index (χ0n) is 20.7. The molecule has 1 heterocycles. The number of nitrogens with zero attached hydrogens (tertiary/aromatic N) is 1. The predicted molar refractivity (Wildman–Crippen MR) is 138 cm³/mol. The van der Waals surface area contributed by atoms with E-state index >= 15 is 0 Å². The van der Waals surface area contributed by atoms with Crippen molar-refractivity contribution in [1.82, 2.24) is 15.4 Å². The third-order valence-electron chi connectivity index (χ3n) is 5.57. The Morgan fingerprint density at radius 1 is 1.09 bits per heavy atom. The number of hydrogen-bond donors (Lipinski definition) is 3. The molecule has 35 heavy (non-hydrogen) atoms. The largest absolute Gasteiger partial charge is 0.460 e. The molecule has 1 aromatic heterocycles. The Morgan fingerprint density at radius 2 is 1.83 bits per heavy atom. The van der Waals surface area contributed by atoms with Gasteiger partial charge in [0.25, 0.3) is 5.91 Å². The Labute approximate surface area is 206 Å². The number of para-hydroxylation sites is 1. The number of aromatic nitrogens is 1. The molecule has 186 valence electrons. The molecule has 7 nitrogen and oxygen atoms in total. The number of aromatic amines is 1. The van der Waals surface area contributed by atoms with Gasteiger partial charge in [0.1, 0.15) is 5.60 Å². The number of fused-ring (bicyclic) bond motifs is 1. The first-order chi connectivity index (χ1) is 16.7. The number of nitrogens with one attached hydrogen (secondary N) is 2. The molecule has 1 amide bonds. The molecule has 0 fully saturated rings. The Bertz CT molecular complexity index is 1140. The van der Waals surface area contributed by atoms with Crippen LogP contribution in [0.15, 0.2) is 60.8 Å². The summed E-state index contributed by atoms with van der Waals surface area (Å²) in [5.41, 5.74) is 5.54. The van der Waals surface area contributed by atoms with E-state index in [1.54, 1.807) is 11.6 Å². The van der Waals surface area contributed by atoms with Crippen molar-refractivity contribution in [3.63, 3.8) is 0 Å². The summed E-state index contributed by atoms with van der Waals surface area (Å²) >= 11 is 0. The first-order valence-electron chi connectivity index (χ1n) is 11.9. The van der Waals surface area contributed by atoms with Gasteiger partial charge in [0.05, 0.1) is 0 Å². The highest BCUT2D eigenvalue weighted by molar-refractivity contribution is 5.90. The summed E-state index contributed by atoms with van der Waals surface area (Å²) in [5.74, 6) is -0.736. The van der Waals surface area contributed by atoms with Crippen molar-refractivity contribution in [1.29, 1.82) is 0 Å². The fourth-order valence-corrected chi connectivity index (χ4v) is 3.93. The predicted octanol–water partition coefficient (Wildman–Crippen LogP) is 4.85. The fraction of sp³-hybridized carbons (Fsp3) is 0.357. The molecular weight excluding hydrogens is 442 g/mol. The van der Waals surface area contributed by atoms with Gasteiger partial charge in [-0.25, -0.2) is 5.48 Å². The zero-order valence-corrected chi connectivity index (χ0v) is 20.7. The molecule has 2 aromatic carbocycles. The second-order valence-corrected chi connectivity index (χ2v) is 9.63. The SMILES string of the molecule is CC(C)(C)OC(=O)CCCN(CCc1c[nH]c2ccccc12)Cc1ccc(C=CC(=O)NO)cc1. The van der Waals surface area contributed by atoms with Gasteiger partial charge in [-0.15, -0.1) is 0 Å². The van der Waals surface area contributed by atoms with Crippen LogP contribution in [-0.4, -0.2) is 45.7 Å². The number of carbonyl (C=O) groups excluding carboxylic acids is 2. The minimum atomic E-state index is -0.567. The van der Waals surface area contributed by atoms with E-state index in [0.29, 0.717) is 6.42 Å². The van der Waals surface area contributed by atoms with E-state index in [9.17, 15) is 9.59 Å². The number of rotatable bonds is 11. The molecule has 3 aromatic rings. The van der Waals surface area contributed by atoms with Crippen LogP contribution in [0.5, 0.6) is 0 Å². The minimum Gasteiger partial charge on any atom is -0.460 e. The van der Waals surface area contributed by atoms with Gasteiger partial charge < -0.3 is 9.72 Å². The Hall–Kier alpha value is -3.42. The van der Waals surface area contributed by atoms with Gasteiger partial charge in [0.2, 0.25) is 0 Å². The Morgan fingerprint density at radius 3 is 2.54 bits per heavy atom. The van der Waals surface area contributed by atoms with E-state index in [1.807, 2.05) is 51.1 Å². The highest BCUT2D eigenvalue weighted by Gasteiger charge is 2.16. The summed E-state index contributed by atoms with van der Waals surface area (Å²) in [5, 5.41) is 9.85. The average Bonchev–Trinajstić information content (AvgIpc) is 3.23. The van der Waals surface area contributed by atoms with E-state index in [0.717, 1.165) is 49.1 Å². The molecule has 0 aliphatic heterocycles. The van der Waals surface area contributed by atoms with Crippen LogP contribution in [0.1, 0.15) is 50.3 Å². The van der Waals surface area contributed by atoms with Gasteiger partial charge in [0.15, 0.2) is 0 Å². The van der Waals surface area contributed by atoms with Gasteiger partial charge in [0, 0.05) is 42.7 Å². The normalized spacial score (nSPS) is 11.9. The molecule has 0 aliphatic carbocycles. The van der Waals surface area contributed by atoms with Gasteiger partial charge in [-0.2, -0.15) is 0 Å². The van der Waals surface area contributed by atoms with Crippen molar-refractivity contribution >= 4 is 28.9 Å². The highest BCUT2D eigenvalue weighted by Crippen LogP contribution is 2.19. The lowest BCUT2D eigenvalue weighted by atomic mass is 10.1. The molecule has 0 aliphatic rings. The maximum Gasteiger partial charge on any atom is 0.306 e. The van der Waals surface area contributed by atoms with Crippen LogP contribution < -0.4 is 5.48 Å². The lowest BCUT2D eigenvalue weighted by Gasteiger charge is -2.23. The number of esters is 1. The standard InChI is InChI=1S/C28H35N3O4/c1-28(2,3)35-27(33)9-6-17-31(18-16-23-19-29-25-8-5-4-7-24(23)25)20-22-12-10-21(11-13-22)14-15-26(32)30-34/h4-5,7-8,10-15,19,29,34H,6,9,16-18,20H2,1-3H3,(H,30,32). The smallest absolute Gasteiger partial charge is 0.306 e. The summed E-state index contributed by atoms with van der Waals surface area (Å²) in [6.07, 6.45) is 7.00. The molecule has 0 atom stereocenters. The van der Waals surface area contributed by atoms with Crippen molar-refractivity contribution in [2.75, 3.05) is 13.1 Å². The fourth-order valence-electron chi connectivity index (χ4n) is 3.93. The summed E-state index contributed by atoms with van der Waals surface area (Å²) in [6.45, 7) is 8.03. The topological polar surface area (TPSA) is 94.7 Å². The Balaban J connectivity index is 1.64. The van der Waals surface area contributed by atoms with Crippen molar-refractivity contribution in [2.24, 2.45) is 0 Å². The van der Waals surface area contributed by atoms with E-state index in [4.69, 9.17) is 9.94 Å². The molecular formula is C28H35N3O4. The maximum atomic E-state index is 12.2. The zero-order chi connectivity index (χ0) is 25.3. The van der Waals surface area contributed by atoms with Crippen LogP contribution in [0.4, 0.5) is 0 Å². The van der Waals surface area contributed by atoms with Gasteiger partial charge in [-0.05, 0) is 69.0 Å². The number of hydrogen-bond acceptors (Lipinski definition) is 5. The van der Waals surface area contributed by atoms with E-state index in [-0.39, 0.29) is 5.97 Å². The van der Waals surface area contributed by atoms with Crippen LogP contribution in [0.3, 0.4) is 0 Å². The van der Waals surface area contributed by atoms with Crippen LogP contribution in [0.25, 0.3) is 17.0 Å². The molecule has 0 bridgehead atoms. The van der Waals surface area contributed by atoms with Crippen LogP contribution in [0.2, 0.25) is 0 Å². The third-order valence-corrected chi connectivity index (χ3v) is 5.57. The van der Waals surface area contributed by atoms with Gasteiger partial charge in [-0.3, -0.25) is 19.7 Å². The molecule has 0 saturated carbocycles. The van der Waals surface area contributed by atoms with Gasteiger partial charge >= 0.3 is 5.97 Å². The minimum absolute atomic E-state index is 0.169. The third kappa shape index (κ3) is 8.70. The lowest BCUT2D eigenvalue weighted by Crippen LogP contribution is -2.28. The van der Waals surface area contributed by atoms with Crippen molar-refractivity contribution in [2.45, 2.75) is 52.2 Å². The summed E-state index contributed by atoms with van der Waals surface area (Å²) in [4.78, 5) is 29.0. The number of amides is 1. The van der Waals surface area contributed by atoms with Crippen molar-refractivity contribution in [3.05, 3.63) is 77.5 Å². The first-order valence-corrected chi connectivity index (χ1v) is 11.9. The van der Waals surface area contributed by atoms with Crippen LogP contribution in [-0.2, 0) is 27.3 Å². The summed E-state index contributed by atoms with van der Waals surface area (Å²) < 4.78 is 5.45. The van der Waals surface area contributed by atoms with Crippen molar-refractivity contribution in [3.8, 4) is 0 Å². The Kier molecular flexibility index (Phi) is 9.23. The molecule has 0 spiro atoms. The number of carbonyl (C=O) groups is 2. The van der Waals surface area contributed by atoms with Gasteiger partial charge in [-0.1, -0.05) is 42.5 Å². The summed E-state index contributed by atoms with van der Waals surface area (Å²) in [6, 6.07) is 16.2. The van der Waals surface area contributed by atoms with E-state index in [1.165, 1.54) is 17.0 Å². The second kappa shape index (κ2) is 12.3. The molecule has 0 saturated heterocycles. The second-order valence-electron chi connectivity index (χ2n) is 9.63. The molecule has 3 rings (SSSR count). The molecule has 3 N–H and O–H groups in total. The number of benzene rings is 2. The van der Waals surface area contributed by atoms with Crippen molar-refractivity contribution < 1.29 is 19.5 Å². The quantitative estimate of drug-likeness (QED) is 0.159. The number of H-pyrrole nitrogens is 1. The van der Waals surface area contributed by atoms with Crippen LogP contribution in [0, 0.1) is 0 Å². The molecule has 0 unspecified atom stereocenters. The van der Waals surface area contributed by atoms with E-state index < -0.39 is 11.5 Å². The molecule has 7 heteroatoms. The number of ether oxygens (including phenoxy) is 1. The summed E-state index contributed by atoms with van der Waals surface area (Å²) in [7, 11) is 0. The van der Waals surface area contributed by atoms with Crippen LogP contribution >= 0.6 is 0 Å². The highest BCUT2D eigenvalue weighted by atomic mass is 16.6. The lowest BCUT2D eigenvalue weighted by molar-refractivity contribution is -0.155. The number of hydroxylamine groups is 1. The first kappa shape index (κ1) is 26.2. The van der Waals surface area contributed by atoms with E-state index in [2.05, 4.69) is 34.3 Å². The molecule has 0 radical (unpaired) electrons. The maximum absolute atomic E-state index is 12.2. The monoisotopic (exact) mass is 477 g/mol. The average molecular weight is 478 g/mol.